The second-order valence-corrected chi connectivity index (χ2v) is 7.65. The number of amides is 1. The molecule has 32 heavy (non-hydrogen) atoms. The first-order valence-electron chi connectivity index (χ1n) is 10.4. The largest absolute Gasteiger partial charge is 0.397 e. The normalized spacial score (nSPS) is 10.9. The molecule has 162 valence electrons. The number of para-hydroxylation sites is 2. The average Bonchev–Trinajstić information content (AvgIpc) is 3.04. The van der Waals surface area contributed by atoms with E-state index in [9.17, 15) is 14.4 Å². The molecule has 1 aromatic heterocycles. The van der Waals surface area contributed by atoms with Gasteiger partial charge in [0.25, 0.3) is 5.91 Å². The first-order valence-corrected chi connectivity index (χ1v) is 10.4. The highest BCUT2D eigenvalue weighted by Crippen LogP contribution is 2.19. The number of nitrogens with zero attached hydrogens (tertiary/aromatic N) is 2. The van der Waals surface area contributed by atoms with Crippen LogP contribution >= 0.6 is 0 Å². The maximum atomic E-state index is 12.8. The maximum Gasteiger partial charge on any atom is 0.329 e. The Morgan fingerprint density at radius 2 is 1.62 bits per heavy atom. The summed E-state index contributed by atoms with van der Waals surface area (Å²) in [6, 6.07) is 19.5. The van der Waals surface area contributed by atoms with Gasteiger partial charge in [-0.25, -0.2) is 4.79 Å². The Bertz CT molecular complexity index is 1380. The first-order chi connectivity index (χ1) is 15.4. The molecular weight excluding hydrogens is 404 g/mol. The van der Waals surface area contributed by atoms with Crippen LogP contribution in [0.5, 0.6) is 0 Å². The van der Waals surface area contributed by atoms with E-state index < -0.39 is 0 Å². The summed E-state index contributed by atoms with van der Waals surface area (Å²) in [5.41, 5.74) is 10.2. The molecule has 7 nitrogen and oxygen atoms in total. The number of aromatic nitrogens is 2. The quantitative estimate of drug-likeness (QED) is 0.360. The molecule has 0 radical (unpaired) electrons. The van der Waals surface area contributed by atoms with Crippen LogP contribution in [0.2, 0.25) is 0 Å². The third-order valence-electron chi connectivity index (χ3n) is 5.55. The molecule has 4 rings (SSSR count). The molecule has 1 heterocycles. The van der Waals surface area contributed by atoms with Gasteiger partial charge in [-0.1, -0.05) is 31.2 Å². The summed E-state index contributed by atoms with van der Waals surface area (Å²) in [5, 5.41) is 2.80. The second kappa shape index (κ2) is 8.55. The van der Waals surface area contributed by atoms with Crippen molar-refractivity contribution in [2.45, 2.75) is 19.9 Å². The number of nitrogens with one attached hydrogen (secondary N) is 1. The highest BCUT2D eigenvalue weighted by atomic mass is 16.2. The zero-order valence-electron chi connectivity index (χ0n) is 18.0. The molecule has 0 saturated heterocycles. The number of carbonyl (C=O) groups is 2. The minimum Gasteiger partial charge on any atom is -0.397 e. The average molecular weight is 428 g/mol. The summed E-state index contributed by atoms with van der Waals surface area (Å²) in [7, 11) is 1.70. The predicted molar refractivity (Wildman–Crippen MR) is 126 cm³/mol. The number of rotatable bonds is 6. The molecule has 0 spiro atoms. The Morgan fingerprint density at radius 3 is 2.31 bits per heavy atom. The highest BCUT2D eigenvalue weighted by Gasteiger charge is 2.14. The monoisotopic (exact) mass is 428 g/mol. The molecule has 0 bridgehead atoms. The van der Waals surface area contributed by atoms with Gasteiger partial charge < -0.3 is 11.1 Å². The van der Waals surface area contributed by atoms with E-state index in [-0.39, 0.29) is 17.4 Å². The summed E-state index contributed by atoms with van der Waals surface area (Å²) in [6.07, 6.45) is 0.414. The van der Waals surface area contributed by atoms with Gasteiger partial charge in [-0.3, -0.25) is 18.7 Å². The molecule has 0 aliphatic heterocycles. The van der Waals surface area contributed by atoms with Crippen LogP contribution in [0.3, 0.4) is 0 Å². The number of nitrogen functional groups attached to an aromatic ring is 1. The number of hydrogen-bond donors (Lipinski definition) is 2. The van der Waals surface area contributed by atoms with E-state index in [0.29, 0.717) is 41.0 Å². The zero-order valence-corrected chi connectivity index (χ0v) is 18.0. The number of anilines is 2. The van der Waals surface area contributed by atoms with E-state index in [0.717, 1.165) is 11.1 Å². The Balaban J connectivity index is 1.58. The van der Waals surface area contributed by atoms with Gasteiger partial charge in [-0.05, 0) is 48.0 Å². The van der Waals surface area contributed by atoms with Gasteiger partial charge in [0.15, 0.2) is 5.78 Å². The van der Waals surface area contributed by atoms with Crippen LogP contribution in [0.15, 0.2) is 71.5 Å². The van der Waals surface area contributed by atoms with E-state index >= 15 is 0 Å². The van der Waals surface area contributed by atoms with Crippen molar-refractivity contribution >= 4 is 34.1 Å². The van der Waals surface area contributed by atoms with Crippen LogP contribution in [0, 0.1) is 0 Å². The lowest BCUT2D eigenvalue weighted by molar-refractivity contribution is 0.0986. The second-order valence-electron chi connectivity index (χ2n) is 7.65. The number of hydrogen-bond acceptors (Lipinski definition) is 4. The zero-order chi connectivity index (χ0) is 22.8. The molecule has 0 aliphatic rings. The first kappa shape index (κ1) is 21.1. The SMILES string of the molecule is CCC(=O)c1ccc2c(c1)n(C)c(=O)n2Cc1ccc(C(=O)Nc2ccccc2N)cc1. The highest BCUT2D eigenvalue weighted by molar-refractivity contribution is 6.05. The standard InChI is InChI=1S/C25H24N4O3/c1-3-23(30)18-12-13-21-22(14-18)28(2)25(32)29(21)15-16-8-10-17(11-9-16)24(31)27-20-7-5-4-6-19(20)26/h4-14H,3,15,26H2,1-2H3,(H,27,31). The van der Waals surface area contributed by atoms with Gasteiger partial charge in [-0.2, -0.15) is 0 Å². The third-order valence-corrected chi connectivity index (χ3v) is 5.55. The van der Waals surface area contributed by atoms with Gasteiger partial charge in [0, 0.05) is 24.6 Å². The smallest absolute Gasteiger partial charge is 0.329 e. The molecule has 0 aliphatic carbocycles. The molecule has 3 N–H and O–H groups in total. The van der Waals surface area contributed by atoms with Crippen LogP contribution in [-0.2, 0) is 13.6 Å². The minimum absolute atomic E-state index is 0.0400. The van der Waals surface area contributed by atoms with Gasteiger partial charge >= 0.3 is 5.69 Å². The molecule has 0 fully saturated rings. The molecule has 7 heteroatoms. The van der Waals surface area contributed by atoms with E-state index in [1.54, 1.807) is 64.7 Å². The number of benzene rings is 3. The molecule has 0 unspecified atom stereocenters. The van der Waals surface area contributed by atoms with E-state index in [1.165, 1.54) is 0 Å². The van der Waals surface area contributed by atoms with Crippen LogP contribution in [0.25, 0.3) is 11.0 Å². The molecule has 0 saturated carbocycles. The fraction of sp³-hybridized carbons (Fsp3) is 0.160. The number of carbonyl (C=O) groups excluding carboxylic acids is 2. The van der Waals surface area contributed by atoms with Gasteiger partial charge in [0.05, 0.1) is 29.0 Å². The van der Waals surface area contributed by atoms with Gasteiger partial charge in [-0.15, -0.1) is 0 Å². The lowest BCUT2D eigenvalue weighted by Crippen LogP contribution is -2.22. The van der Waals surface area contributed by atoms with Crippen LogP contribution < -0.4 is 16.7 Å². The van der Waals surface area contributed by atoms with E-state index in [4.69, 9.17) is 5.73 Å². The van der Waals surface area contributed by atoms with E-state index in [2.05, 4.69) is 5.32 Å². The molecular formula is C25H24N4O3. The predicted octanol–water partition coefficient (Wildman–Crippen LogP) is 3.82. The molecule has 1 amide bonds. The number of fused-ring (bicyclic) bond motifs is 1. The molecule has 3 aromatic carbocycles. The fourth-order valence-corrected chi connectivity index (χ4v) is 3.69. The number of ketones is 1. The van der Waals surface area contributed by atoms with Crippen LogP contribution in [0.1, 0.15) is 39.6 Å². The van der Waals surface area contributed by atoms with Gasteiger partial charge in [0.1, 0.15) is 0 Å². The van der Waals surface area contributed by atoms with Crippen molar-refractivity contribution in [2.75, 3.05) is 11.1 Å². The number of nitrogens with two attached hydrogens (primary N) is 1. The Labute approximate surface area is 185 Å². The van der Waals surface area contributed by atoms with Crippen molar-refractivity contribution in [3.05, 3.63) is 93.9 Å². The maximum absolute atomic E-state index is 12.8. The van der Waals surface area contributed by atoms with Crippen molar-refractivity contribution < 1.29 is 9.59 Å². The van der Waals surface area contributed by atoms with Crippen molar-refractivity contribution in [1.82, 2.24) is 9.13 Å². The summed E-state index contributed by atoms with van der Waals surface area (Å²) < 4.78 is 3.21. The molecule has 0 atom stereocenters. The van der Waals surface area contributed by atoms with Crippen LogP contribution in [0.4, 0.5) is 11.4 Å². The topological polar surface area (TPSA) is 99.1 Å². The summed E-state index contributed by atoms with van der Waals surface area (Å²) in [5.74, 6) is -0.219. The van der Waals surface area contributed by atoms with E-state index in [1.807, 2.05) is 25.1 Å². The lowest BCUT2D eigenvalue weighted by Gasteiger charge is -2.09. The minimum atomic E-state index is -0.259. The Hall–Kier alpha value is -4.13. The van der Waals surface area contributed by atoms with Crippen molar-refractivity contribution in [3.8, 4) is 0 Å². The summed E-state index contributed by atoms with van der Waals surface area (Å²) >= 11 is 0. The fourth-order valence-electron chi connectivity index (χ4n) is 3.69. The number of Topliss-reactive ketones (excluding diaryl/α,β-unsaturated/α-hetero) is 1. The number of imidazole rings is 1. The number of aryl methyl sites for hydroxylation is 1. The third kappa shape index (κ3) is 3.92. The lowest BCUT2D eigenvalue weighted by atomic mass is 10.1. The van der Waals surface area contributed by atoms with Crippen LogP contribution in [-0.4, -0.2) is 20.8 Å². The Morgan fingerprint density at radius 1 is 0.938 bits per heavy atom. The Kier molecular flexibility index (Phi) is 5.64. The van der Waals surface area contributed by atoms with Crippen molar-refractivity contribution in [2.24, 2.45) is 7.05 Å². The van der Waals surface area contributed by atoms with Crippen molar-refractivity contribution in [3.63, 3.8) is 0 Å². The van der Waals surface area contributed by atoms with Crippen molar-refractivity contribution in [1.29, 1.82) is 0 Å². The van der Waals surface area contributed by atoms with Gasteiger partial charge in [0.2, 0.25) is 0 Å². The molecule has 4 aromatic rings. The summed E-state index contributed by atoms with van der Waals surface area (Å²) in [4.78, 5) is 37.4. The summed E-state index contributed by atoms with van der Waals surface area (Å²) in [6.45, 7) is 2.17.